The molecule has 3 heterocycles. The Kier molecular flexibility index (Phi) is 7.30. The van der Waals surface area contributed by atoms with Gasteiger partial charge in [0.2, 0.25) is 5.91 Å². The van der Waals surface area contributed by atoms with Gasteiger partial charge in [-0.2, -0.15) is 11.8 Å². The normalized spacial score (nSPS) is 16.8. The Morgan fingerprint density at radius 1 is 1.48 bits per heavy atom. The van der Waals surface area contributed by atoms with Gasteiger partial charge in [-0.15, -0.1) is 23.7 Å². The monoisotopic (exact) mass is 402 g/mol. The van der Waals surface area contributed by atoms with Crippen molar-refractivity contribution in [3.05, 3.63) is 23.3 Å². The summed E-state index contributed by atoms with van der Waals surface area (Å²) in [7, 11) is 1.33. The summed E-state index contributed by atoms with van der Waals surface area (Å²) in [6, 6.07) is 1.89. The van der Waals surface area contributed by atoms with Gasteiger partial charge in [-0.3, -0.25) is 4.79 Å². The van der Waals surface area contributed by atoms with Crippen molar-refractivity contribution in [3.63, 3.8) is 0 Å². The Bertz CT molecular complexity index is 728. The first-order valence-corrected chi connectivity index (χ1v) is 9.53. The van der Waals surface area contributed by atoms with E-state index in [0.717, 1.165) is 23.6 Å². The molecule has 1 unspecified atom stereocenters. The number of hydrogen-bond acceptors (Lipinski definition) is 7. The van der Waals surface area contributed by atoms with Gasteiger partial charge >= 0.3 is 5.97 Å². The highest BCUT2D eigenvalue weighted by atomic mass is 35.5. The van der Waals surface area contributed by atoms with Crippen LogP contribution in [-0.4, -0.2) is 53.0 Å². The number of aromatic nitrogens is 2. The summed E-state index contributed by atoms with van der Waals surface area (Å²) >= 11 is 3.22. The van der Waals surface area contributed by atoms with Crippen LogP contribution < -0.4 is 10.6 Å². The van der Waals surface area contributed by atoms with Crippen molar-refractivity contribution in [1.82, 2.24) is 15.3 Å². The number of ether oxygens (including phenoxy) is 1. The molecule has 10 heteroatoms. The molecular formula is C15H19ClN4O3S2. The van der Waals surface area contributed by atoms with E-state index in [-0.39, 0.29) is 24.4 Å². The van der Waals surface area contributed by atoms with E-state index < -0.39 is 5.97 Å². The van der Waals surface area contributed by atoms with Gasteiger partial charge in [0.05, 0.1) is 12.8 Å². The van der Waals surface area contributed by atoms with Crippen molar-refractivity contribution >= 4 is 52.5 Å². The Morgan fingerprint density at radius 2 is 2.32 bits per heavy atom. The van der Waals surface area contributed by atoms with Gasteiger partial charge in [0, 0.05) is 47.7 Å². The fourth-order valence-corrected chi connectivity index (χ4v) is 4.06. The molecule has 0 radical (unpaired) electrons. The summed E-state index contributed by atoms with van der Waals surface area (Å²) in [5.74, 6) is 1.58. The van der Waals surface area contributed by atoms with Gasteiger partial charge in [0.1, 0.15) is 5.69 Å². The summed E-state index contributed by atoms with van der Waals surface area (Å²) in [5, 5.41) is 8.57. The number of H-pyrrole nitrogens is 1. The average molecular weight is 403 g/mol. The lowest BCUT2D eigenvalue weighted by Gasteiger charge is -2.22. The molecular weight excluding hydrogens is 384 g/mol. The summed E-state index contributed by atoms with van der Waals surface area (Å²) in [5.41, 5.74) is 1.84. The standard InChI is InChI=1S/C15H18N4O3S2.ClH/c1-22-14(21)11-4-9(6-17-11)12-8-24-15(18-12)19-13(20)5-10-7-23-3-2-16-10;/h4,6,8,10,16-17H,2-3,5,7H2,1H3,(H,18,19,20);1H. The highest BCUT2D eigenvalue weighted by Gasteiger charge is 2.18. The fraction of sp³-hybridized carbons (Fsp3) is 0.400. The maximum atomic E-state index is 12.1. The zero-order chi connectivity index (χ0) is 16.9. The largest absolute Gasteiger partial charge is 0.464 e. The number of anilines is 1. The summed E-state index contributed by atoms with van der Waals surface area (Å²) in [4.78, 5) is 30.8. The molecule has 1 aliphatic rings. The number of thiazole rings is 1. The van der Waals surface area contributed by atoms with Gasteiger partial charge in [0.15, 0.2) is 5.13 Å². The van der Waals surface area contributed by atoms with E-state index in [9.17, 15) is 9.59 Å². The Labute approximate surface area is 159 Å². The number of rotatable bonds is 5. The van der Waals surface area contributed by atoms with Crippen LogP contribution in [0.2, 0.25) is 0 Å². The molecule has 1 saturated heterocycles. The molecule has 0 bridgehead atoms. The van der Waals surface area contributed by atoms with Gasteiger partial charge < -0.3 is 20.4 Å². The van der Waals surface area contributed by atoms with Crippen LogP contribution in [0, 0.1) is 0 Å². The van der Waals surface area contributed by atoms with Crippen LogP contribution >= 0.6 is 35.5 Å². The molecule has 0 saturated carbocycles. The predicted octanol–water partition coefficient (Wildman–Crippen LogP) is 2.38. The van der Waals surface area contributed by atoms with Crippen LogP contribution in [0.4, 0.5) is 5.13 Å². The van der Waals surface area contributed by atoms with Crippen LogP contribution in [0.1, 0.15) is 16.9 Å². The minimum Gasteiger partial charge on any atom is -0.464 e. The number of hydrogen-bond donors (Lipinski definition) is 3. The lowest BCUT2D eigenvalue weighted by Crippen LogP contribution is -2.39. The van der Waals surface area contributed by atoms with Gasteiger partial charge in [0.25, 0.3) is 0 Å². The van der Waals surface area contributed by atoms with E-state index in [2.05, 4.69) is 25.3 Å². The number of methoxy groups -OCH3 is 1. The van der Waals surface area contributed by atoms with E-state index in [1.54, 1.807) is 12.3 Å². The van der Waals surface area contributed by atoms with Crippen molar-refractivity contribution in [1.29, 1.82) is 0 Å². The first-order valence-electron chi connectivity index (χ1n) is 7.49. The molecule has 2 aromatic rings. The number of nitrogens with one attached hydrogen (secondary N) is 3. The highest BCUT2D eigenvalue weighted by molar-refractivity contribution is 7.99. The second-order valence-electron chi connectivity index (χ2n) is 5.31. The fourth-order valence-electron chi connectivity index (χ4n) is 2.38. The van der Waals surface area contributed by atoms with Gasteiger partial charge in [-0.05, 0) is 6.07 Å². The van der Waals surface area contributed by atoms with E-state index in [1.165, 1.54) is 18.4 Å². The maximum absolute atomic E-state index is 12.1. The van der Waals surface area contributed by atoms with E-state index in [1.807, 2.05) is 17.1 Å². The summed E-state index contributed by atoms with van der Waals surface area (Å²) in [6.07, 6.45) is 2.13. The smallest absolute Gasteiger partial charge is 0.354 e. The topological polar surface area (TPSA) is 96.1 Å². The third kappa shape index (κ3) is 5.21. The van der Waals surface area contributed by atoms with Crippen molar-refractivity contribution in [2.45, 2.75) is 12.5 Å². The van der Waals surface area contributed by atoms with Crippen molar-refractivity contribution < 1.29 is 14.3 Å². The van der Waals surface area contributed by atoms with Crippen LogP contribution in [0.15, 0.2) is 17.6 Å². The number of amides is 1. The van der Waals surface area contributed by atoms with Crippen LogP contribution in [0.3, 0.4) is 0 Å². The van der Waals surface area contributed by atoms with Crippen molar-refractivity contribution in [2.75, 3.05) is 30.5 Å². The Morgan fingerprint density at radius 3 is 3.04 bits per heavy atom. The lowest BCUT2D eigenvalue weighted by atomic mass is 10.2. The SMILES string of the molecule is COC(=O)c1cc(-c2csc(NC(=O)CC3CSCCN3)n2)c[nH]1.Cl. The zero-order valence-electron chi connectivity index (χ0n) is 13.5. The number of halogens is 1. The molecule has 1 atom stereocenters. The number of nitrogens with zero attached hydrogens (tertiary/aromatic N) is 1. The minimum atomic E-state index is -0.428. The molecule has 0 aliphatic carbocycles. The summed E-state index contributed by atoms with van der Waals surface area (Å²) < 4.78 is 4.66. The third-order valence-corrected chi connectivity index (χ3v) is 5.45. The van der Waals surface area contributed by atoms with Crippen molar-refractivity contribution in [2.24, 2.45) is 0 Å². The molecule has 2 aromatic heterocycles. The van der Waals surface area contributed by atoms with E-state index in [0.29, 0.717) is 22.9 Å². The van der Waals surface area contributed by atoms with Gasteiger partial charge in [-0.25, -0.2) is 9.78 Å². The molecule has 1 fully saturated rings. The van der Waals surface area contributed by atoms with E-state index >= 15 is 0 Å². The molecule has 1 aliphatic heterocycles. The minimum absolute atomic E-state index is 0. The second-order valence-corrected chi connectivity index (χ2v) is 7.32. The predicted molar refractivity (Wildman–Crippen MR) is 103 cm³/mol. The maximum Gasteiger partial charge on any atom is 0.354 e. The molecule has 136 valence electrons. The van der Waals surface area contributed by atoms with Crippen LogP contribution in [-0.2, 0) is 9.53 Å². The third-order valence-electron chi connectivity index (χ3n) is 3.56. The van der Waals surface area contributed by atoms with Crippen LogP contribution in [0.25, 0.3) is 11.3 Å². The number of carbonyl (C=O) groups is 2. The van der Waals surface area contributed by atoms with Crippen LogP contribution in [0.5, 0.6) is 0 Å². The molecule has 7 nitrogen and oxygen atoms in total. The molecule has 25 heavy (non-hydrogen) atoms. The molecule has 0 aromatic carbocycles. The molecule has 3 N–H and O–H groups in total. The Hall–Kier alpha value is -1.55. The Balaban J connectivity index is 0.00000225. The first kappa shape index (κ1) is 19.8. The average Bonchev–Trinajstić information content (AvgIpc) is 3.24. The number of carbonyl (C=O) groups excluding carboxylic acids is 2. The quantitative estimate of drug-likeness (QED) is 0.664. The number of esters is 1. The lowest BCUT2D eigenvalue weighted by molar-refractivity contribution is -0.116. The molecule has 1 amide bonds. The molecule has 3 rings (SSSR count). The molecule has 0 spiro atoms. The van der Waals surface area contributed by atoms with E-state index in [4.69, 9.17) is 0 Å². The second kappa shape index (κ2) is 9.23. The number of thioether (sulfide) groups is 1. The van der Waals surface area contributed by atoms with Gasteiger partial charge in [-0.1, -0.05) is 0 Å². The zero-order valence-corrected chi connectivity index (χ0v) is 16.0. The highest BCUT2D eigenvalue weighted by Crippen LogP contribution is 2.26. The van der Waals surface area contributed by atoms with Crippen molar-refractivity contribution in [3.8, 4) is 11.3 Å². The summed E-state index contributed by atoms with van der Waals surface area (Å²) in [6.45, 7) is 0.944. The first-order chi connectivity index (χ1) is 11.7. The number of aromatic amines is 1.